The van der Waals surface area contributed by atoms with Gasteiger partial charge >= 0.3 is 6.09 Å². The van der Waals surface area contributed by atoms with Crippen LogP contribution in [0.15, 0.2) is 23.1 Å². The summed E-state index contributed by atoms with van der Waals surface area (Å²) in [5, 5.41) is 9.54. The standard InChI is InChI=1S/C19H26N2O2S/c1-18(2,3)19-8-10-20(17(22)23)12-14(19)13-6-4-7-15-16(13)21(19)9-5-11-24-15/h4,6-7,14H,5,8-12H2,1-3H3,(H,22,23)/t14-,19-/m0/s1. The lowest BCUT2D eigenvalue weighted by atomic mass is 9.62. The predicted octanol–water partition coefficient (Wildman–Crippen LogP) is 4.25. The number of anilines is 1. The monoisotopic (exact) mass is 346 g/mol. The van der Waals surface area contributed by atoms with Crippen LogP contribution in [0.2, 0.25) is 0 Å². The van der Waals surface area contributed by atoms with Crippen molar-refractivity contribution in [3.63, 3.8) is 0 Å². The summed E-state index contributed by atoms with van der Waals surface area (Å²) in [5.74, 6) is 1.43. The largest absolute Gasteiger partial charge is 0.465 e. The van der Waals surface area contributed by atoms with Gasteiger partial charge in [0.15, 0.2) is 0 Å². The molecule has 0 bridgehead atoms. The molecular formula is C19H26N2O2S. The van der Waals surface area contributed by atoms with Gasteiger partial charge in [0.1, 0.15) is 0 Å². The summed E-state index contributed by atoms with van der Waals surface area (Å²) in [6.07, 6.45) is 1.31. The van der Waals surface area contributed by atoms with Gasteiger partial charge in [-0.05, 0) is 35.6 Å². The minimum atomic E-state index is -0.782. The van der Waals surface area contributed by atoms with Crippen LogP contribution in [0.25, 0.3) is 0 Å². The topological polar surface area (TPSA) is 43.8 Å². The third-order valence-electron chi connectivity index (χ3n) is 6.25. The normalized spacial score (nSPS) is 29.0. The van der Waals surface area contributed by atoms with Crippen molar-refractivity contribution in [1.82, 2.24) is 4.90 Å². The minimum Gasteiger partial charge on any atom is -0.465 e. The molecule has 4 nitrogen and oxygen atoms in total. The number of fused-ring (bicyclic) bond motifs is 3. The molecule has 0 aliphatic carbocycles. The van der Waals surface area contributed by atoms with Gasteiger partial charge in [-0.2, -0.15) is 0 Å². The number of hydrogen-bond acceptors (Lipinski definition) is 3. The molecule has 0 unspecified atom stereocenters. The highest BCUT2D eigenvalue weighted by Crippen LogP contribution is 2.61. The number of amides is 1. The van der Waals surface area contributed by atoms with Gasteiger partial charge in [-0.25, -0.2) is 4.79 Å². The molecule has 3 aliphatic rings. The first-order chi connectivity index (χ1) is 11.4. The minimum absolute atomic E-state index is 0.0162. The van der Waals surface area contributed by atoms with Gasteiger partial charge in [0.05, 0.1) is 11.2 Å². The lowest BCUT2D eigenvalue weighted by Gasteiger charge is -2.56. The smallest absolute Gasteiger partial charge is 0.407 e. The Bertz CT molecular complexity index is 684. The van der Waals surface area contributed by atoms with Crippen LogP contribution in [-0.2, 0) is 0 Å². The van der Waals surface area contributed by atoms with Crippen LogP contribution in [0.3, 0.4) is 0 Å². The van der Waals surface area contributed by atoms with Crippen molar-refractivity contribution in [2.45, 2.75) is 50.0 Å². The second-order valence-electron chi connectivity index (χ2n) is 8.25. The number of carbonyl (C=O) groups is 1. The molecular weight excluding hydrogens is 320 g/mol. The molecule has 3 aliphatic heterocycles. The van der Waals surface area contributed by atoms with Crippen molar-refractivity contribution in [3.05, 3.63) is 23.8 Å². The highest BCUT2D eigenvalue weighted by Gasteiger charge is 2.60. The number of carboxylic acid groups (broad SMARTS) is 1. The fraction of sp³-hybridized carbons (Fsp3) is 0.632. The first kappa shape index (κ1) is 16.1. The maximum atomic E-state index is 11.6. The molecule has 1 aromatic rings. The van der Waals surface area contributed by atoms with Gasteiger partial charge in [-0.3, -0.25) is 0 Å². The SMILES string of the molecule is CC(C)(C)[C@]12CCN(C(=O)O)C[C@H]1c1cccc3c1N2CCCS3. The Balaban J connectivity index is 1.91. The Morgan fingerprint density at radius 1 is 1.33 bits per heavy atom. The average Bonchev–Trinajstić information content (AvgIpc) is 2.66. The van der Waals surface area contributed by atoms with Gasteiger partial charge < -0.3 is 14.9 Å². The van der Waals surface area contributed by atoms with Crippen molar-refractivity contribution < 1.29 is 9.90 Å². The average molecular weight is 346 g/mol. The van der Waals surface area contributed by atoms with Gasteiger partial charge in [-0.1, -0.05) is 32.9 Å². The summed E-state index contributed by atoms with van der Waals surface area (Å²) in [5.41, 5.74) is 2.87. The number of hydrogen-bond donors (Lipinski definition) is 1. The zero-order valence-electron chi connectivity index (χ0n) is 14.7. The number of benzene rings is 1. The van der Waals surface area contributed by atoms with Crippen LogP contribution in [0, 0.1) is 5.41 Å². The van der Waals surface area contributed by atoms with Crippen molar-refractivity contribution in [1.29, 1.82) is 0 Å². The first-order valence-electron chi connectivity index (χ1n) is 8.87. The molecule has 2 atom stereocenters. The Hall–Kier alpha value is -1.36. The molecule has 1 N–H and O–H groups in total. The molecule has 24 heavy (non-hydrogen) atoms. The Kier molecular flexibility index (Phi) is 3.57. The van der Waals surface area contributed by atoms with Gasteiger partial charge in [0.25, 0.3) is 0 Å². The Labute approximate surface area is 148 Å². The molecule has 0 aromatic heterocycles. The van der Waals surface area contributed by atoms with E-state index in [9.17, 15) is 9.90 Å². The maximum absolute atomic E-state index is 11.6. The number of likely N-dealkylation sites (tertiary alicyclic amines) is 1. The fourth-order valence-electron chi connectivity index (χ4n) is 5.24. The van der Waals surface area contributed by atoms with Crippen molar-refractivity contribution >= 4 is 23.5 Å². The van der Waals surface area contributed by atoms with Crippen LogP contribution < -0.4 is 4.90 Å². The van der Waals surface area contributed by atoms with E-state index < -0.39 is 6.09 Å². The fourth-order valence-corrected chi connectivity index (χ4v) is 6.27. The molecule has 1 fully saturated rings. The molecule has 1 amide bonds. The van der Waals surface area contributed by atoms with E-state index in [0.717, 1.165) is 13.0 Å². The van der Waals surface area contributed by atoms with Gasteiger partial charge in [-0.15, -0.1) is 11.8 Å². The molecule has 3 heterocycles. The Morgan fingerprint density at radius 2 is 2.12 bits per heavy atom. The van der Waals surface area contributed by atoms with Crippen LogP contribution >= 0.6 is 11.8 Å². The van der Waals surface area contributed by atoms with Crippen molar-refractivity contribution in [2.75, 3.05) is 30.3 Å². The number of thioether (sulfide) groups is 1. The summed E-state index contributed by atoms with van der Waals surface area (Å²) in [6, 6.07) is 6.63. The first-order valence-corrected chi connectivity index (χ1v) is 9.86. The van der Waals surface area contributed by atoms with Crippen LogP contribution in [-0.4, -0.2) is 47.0 Å². The maximum Gasteiger partial charge on any atom is 0.407 e. The summed E-state index contributed by atoms with van der Waals surface area (Å²) in [4.78, 5) is 17.3. The zero-order chi connectivity index (χ0) is 17.1. The molecule has 5 heteroatoms. The van der Waals surface area contributed by atoms with E-state index in [-0.39, 0.29) is 16.9 Å². The molecule has 0 saturated carbocycles. The molecule has 1 saturated heterocycles. The molecule has 0 radical (unpaired) electrons. The van der Waals surface area contributed by atoms with Gasteiger partial charge in [0.2, 0.25) is 0 Å². The van der Waals surface area contributed by atoms with E-state index in [0.29, 0.717) is 13.1 Å². The number of nitrogens with zero attached hydrogens (tertiary/aromatic N) is 2. The van der Waals surface area contributed by atoms with Gasteiger partial charge in [0, 0.05) is 30.4 Å². The number of rotatable bonds is 0. The van der Waals surface area contributed by atoms with E-state index in [4.69, 9.17) is 0 Å². The summed E-state index contributed by atoms with van der Waals surface area (Å²) in [6.45, 7) is 9.33. The van der Waals surface area contributed by atoms with Crippen LogP contribution in [0.5, 0.6) is 0 Å². The van der Waals surface area contributed by atoms with E-state index in [2.05, 4.69) is 43.9 Å². The highest BCUT2D eigenvalue weighted by atomic mass is 32.2. The quantitative estimate of drug-likeness (QED) is 0.762. The molecule has 4 rings (SSSR count). The van der Waals surface area contributed by atoms with Crippen molar-refractivity contribution in [2.24, 2.45) is 5.41 Å². The van der Waals surface area contributed by atoms with E-state index in [1.807, 2.05) is 11.8 Å². The molecule has 130 valence electrons. The van der Waals surface area contributed by atoms with E-state index in [1.54, 1.807) is 4.90 Å². The number of para-hydroxylation sites is 1. The summed E-state index contributed by atoms with van der Waals surface area (Å²) in [7, 11) is 0. The third kappa shape index (κ3) is 2.03. The Morgan fingerprint density at radius 3 is 2.83 bits per heavy atom. The number of piperidine rings is 1. The van der Waals surface area contributed by atoms with E-state index >= 15 is 0 Å². The molecule has 0 spiro atoms. The van der Waals surface area contributed by atoms with Crippen molar-refractivity contribution in [3.8, 4) is 0 Å². The summed E-state index contributed by atoms with van der Waals surface area (Å²) >= 11 is 1.96. The lowest BCUT2D eigenvalue weighted by Crippen LogP contribution is -2.64. The zero-order valence-corrected chi connectivity index (χ0v) is 15.5. The second kappa shape index (κ2) is 5.32. The molecule has 1 aromatic carbocycles. The van der Waals surface area contributed by atoms with Crippen LogP contribution in [0.1, 0.15) is 45.1 Å². The summed E-state index contributed by atoms with van der Waals surface area (Å²) < 4.78 is 0. The van der Waals surface area contributed by atoms with E-state index in [1.165, 1.54) is 28.3 Å². The third-order valence-corrected chi connectivity index (χ3v) is 7.39. The predicted molar refractivity (Wildman–Crippen MR) is 98.3 cm³/mol. The lowest BCUT2D eigenvalue weighted by molar-refractivity contribution is 0.0572. The second-order valence-corrected chi connectivity index (χ2v) is 9.39. The van der Waals surface area contributed by atoms with Crippen LogP contribution in [0.4, 0.5) is 10.5 Å². The highest BCUT2D eigenvalue weighted by molar-refractivity contribution is 7.99.